The number of rotatable bonds is 8. The molecule has 0 atom stereocenters. The Morgan fingerprint density at radius 2 is 1.80 bits per heavy atom. The van der Waals surface area contributed by atoms with Crippen molar-refractivity contribution in [1.29, 1.82) is 0 Å². The average Bonchev–Trinajstić information content (AvgIpc) is 2.51. The monoisotopic (exact) mass is 277 g/mol. The molecular formula is C16H27N3O. The molecule has 0 amide bonds. The van der Waals surface area contributed by atoms with Gasteiger partial charge in [0, 0.05) is 13.1 Å². The van der Waals surface area contributed by atoms with Crippen molar-refractivity contribution in [3.8, 4) is 0 Å². The molecule has 1 aliphatic rings. The van der Waals surface area contributed by atoms with Crippen molar-refractivity contribution in [2.24, 2.45) is 0 Å². The number of anilines is 2. The lowest BCUT2D eigenvalue weighted by molar-refractivity contribution is 0.0347. The zero-order valence-corrected chi connectivity index (χ0v) is 12.5. The molecule has 0 aliphatic heterocycles. The van der Waals surface area contributed by atoms with Gasteiger partial charge in [-0.1, -0.05) is 32.3 Å². The van der Waals surface area contributed by atoms with E-state index in [1.807, 2.05) is 18.2 Å². The van der Waals surface area contributed by atoms with Gasteiger partial charge in [0.25, 0.3) is 0 Å². The van der Waals surface area contributed by atoms with Crippen LogP contribution in [-0.2, 0) is 4.74 Å². The molecular weight excluding hydrogens is 250 g/mol. The number of pyridine rings is 1. The molecule has 0 saturated heterocycles. The fourth-order valence-electron chi connectivity index (χ4n) is 2.52. The van der Waals surface area contributed by atoms with Gasteiger partial charge in [-0.05, 0) is 31.4 Å². The van der Waals surface area contributed by atoms with Crippen molar-refractivity contribution >= 4 is 11.6 Å². The van der Waals surface area contributed by atoms with E-state index in [9.17, 15) is 0 Å². The van der Waals surface area contributed by atoms with Crippen molar-refractivity contribution in [2.45, 2.75) is 51.6 Å². The van der Waals surface area contributed by atoms with Crippen molar-refractivity contribution in [1.82, 2.24) is 4.98 Å². The van der Waals surface area contributed by atoms with E-state index in [1.165, 1.54) is 32.1 Å². The topological polar surface area (TPSA) is 46.2 Å². The standard InChI is InChI=1S/C16H27N3O/c1-2-11-17-15-9-6-10-16(19-15)18-12-13-20-14-7-4-3-5-8-14/h6,9-10,14H,2-5,7-8,11-13H2,1H3,(H2,17,18,19). The fraction of sp³-hybridized carbons (Fsp3) is 0.688. The highest BCUT2D eigenvalue weighted by atomic mass is 16.5. The first kappa shape index (κ1) is 15.1. The van der Waals surface area contributed by atoms with Crippen LogP contribution in [0.2, 0.25) is 0 Å². The maximum absolute atomic E-state index is 5.89. The van der Waals surface area contributed by atoms with Crippen LogP contribution in [0, 0.1) is 0 Å². The maximum Gasteiger partial charge on any atom is 0.128 e. The molecule has 1 aromatic rings. The molecule has 20 heavy (non-hydrogen) atoms. The highest BCUT2D eigenvalue weighted by Gasteiger charge is 2.12. The molecule has 4 heteroatoms. The molecule has 1 aliphatic carbocycles. The minimum atomic E-state index is 0.482. The van der Waals surface area contributed by atoms with Gasteiger partial charge in [-0.3, -0.25) is 0 Å². The highest BCUT2D eigenvalue weighted by molar-refractivity contribution is 5.44. The Morgan fingerprint density at radius 1 is 1.10 bits per heavy atom. The van der Waals surface area contributed by atoms with Gasteiger partial charge in [-0.25, -0.2) is 4.98 Å². The van der Waals surface area contributed by atoms with Gasteiger partial charge >= 0.3 is 0 Å². The van der Waals surface area contributed by atoms with Crippen molar-refractivity contribution in [3.63, 3.8) is 0 Å². The normalized spacial score (nSPS) is 16.1. The summed E-state index contributed by atoms with van der Waals surface area (Å²) in [4.78, 5) is 4.52. The number of hydrogen-bond donors (Lipinski definition) is 2. The van der Waals surface area contributed by atoms with Gasteiger partial charge in [-0.15, -0.1) is 0 Å². The van der Waals surface area contributed by atoms with E-state index in [4.69, 9.17) is 4.74 Å². The second-order valence-corrected chi connectivity index (χ2v) is 5.39. The zero-order valence-electron chi connectivity index (χ0n) is 12.5. The Bertz CT molecular complexity index is 378. The number of nitrogens with zero attached hydrogens (tertiary/aromatic N) is 1. The quantitative estimate of drug-likeness (QED) is 0.712. The van der Waals surface area contributed by atoms with Crippen LogP contribution in [0.1, 0.15) is 45.4 Å². The molecule has 0 aromatic carbocycles. The van der Waals surface area contributed by atoms with Crippen LogP contribution in [0.5, 0.6) is 0 Å². The second-order valence-electron chi connectivity index (χ2n) is 5.39. The van der Waals surface area contributed by atoms with Crippen molar-refractivity contribution in [3.05, 3.63) is 18.2 Å². The lowest BCUT2D eigenvalue weighted by Gasteiger charge is -2.22. The van der Waals surface area contributed by atoms with Crippen LogP contribution in [-0.4, -0.2) is 30.8 Å². The first-order valence-electron chi connectivity index (χ1n) is 7.95. The fourth-order valence-corrected chi connectivity index (χ4v) is 2.52. The van der Waals surface area contributed by atoms with Crippen LogP contribution >= 0.6 is 0 Å². The summed E-state index contributed by atoms with van der Waals surface area (Å²) < 4.78 is 5.89. The SMILES string of the molecule is CCCNc1cccc(NCCOC2CCCCC2)n1. The number of aromatic nitrogens is 1. The average molecular weight is 277 g/mol. The Labute approximate surface area is 122 Å². The summed E-state index contributed by atoms with van der Waals surface area (Å²) in [6, 6.07) is 6.02. The Hall–Kier alpha value is -1.29. The molecule has 1 fully saturated rings. The lowest BCUT2D eigenvalue weighted by atomic mass is 9.98. The van der Waals surface area contributed by atoms with E-state index in [-0.39, 0.29) is 0 Å². The molecule has 112 valence electrons. The third-order valence-corrected chi connectivity index (χ3v) is 3.62. The summed E-state index contributed by atoms with van der Waals surface area (Å²) in [5.74, 6) is 1.85. The van der Waals surface area contributed by atoms with Gasteiger partial charge in [0.1, 0.15) is 11.6 Å². The molecule has 1 heterocycles. The van der Waals surface area contributed by atoms with E-state index in [0.717, 1.165) is 37.8 Å². The molecule has 1 saturated carbocycles. The summed E-state index contributed by atoms with van der Waals surface area (Å²) in [5, 5.41) is 6.62. The predicted octanol–water partition coefficient (Wildman–Crippen LogP) is 3.66. The lowest BCUT2D eigenvalue weighted by Crippen LogP contribution is -2.20. The predicted molar refractivity (Wildman–Crippen MR) is 84.3 cm³/mol. The van der Waals surface area contributed by atoms with E-state index in [1.54, 1.807) is 0 Å². The molecule has 0 unspecified atom stereocenters. The highest BCUT2D eigenvalue weighted by Crippen LogP contribution is 2.20. The number of hydrogen-bond acceptors (Lipinski definition) is 4. The summed E-state index contributed by atoms with van der Waals surface area (Å²) in [6.45, 7) is 4.69. The maximum atomic E-state index is 5.89. The molecule has 0 spiro atoms. The Kier molecular flexibility index (Phi) is 6.64. The minimum Gasteiger partial charge on any atom is -0.376 e. The number of nitrogens with one attached hydrogen (secondary N) is 2. The third-order valence-electron chi connectivity index (χ3n) is 3.62. The smallest absolute Gasteiger partial charge is 0.128 e. The molecule has 4 nitrogen and oxygen atoms in total. The van der Waals surface area contributed by atoms with Crippen LogP contribution in [0.3, 0.4) is 0 Å². The van der Waals surface area contributed by atoms with Gasteiger partial charge < -0.3 is 15.4 Å². The Morgan fingerprint density at radius 3 is 2.50 bits per heavy atom. The van der Waals surface area contributed by atoms with Crippen molar-refractivity contribution in [2.75, 3.05) is 30.3 Å². The largest absolute Gasteiger partial charge is 0.376 e. The molecule has 0 bridgehead atoms. The summed E-state index contributed by atoms with van der Waals surface area (Å²) in [6.07, 6.45) is 8.07. The van der Waals surface area contributed by atoms with Crippen LogP contribution in [0.15, 0.2) is 18.2 Å². The first-order valence-corrected chi connectivity index (χ1v) is 7.95. The first-order chi connectivity index (χ1) is 9.88. The van der Waals surface area contributed by atoms with Crippen molar-refractivity contribution < 1.29 is 4.74 Å². The van der Waals surface area contributed by atoms with Crippen LogP contribution < -0.4 is 10.6 Å². The van der Waals surface area contributed by atoms with E-state index in [2.05, 4.69) is 22.5 Å². The van der Waals surface area contributed by atoms with E-state index in [0.29, 0.717) is 6.10 Å². The molecule has 2 rings (SSSR count). The van der Waals surface area contributed by atoms with Gasteiger partial charge in [-0.2, -0.15) is 0 Å². The number of ether oxygens (including phenoxy) is 1. The summed E-state index contributed by atoms with van der Waals surface area (Å²) in [7, 11) is 0. The van der Waals surface area contributed by atoms with E-state index >= 15 is 0 Å². The van der Waals surface area contributed by atoms with Crippen LogP contribution in [0.4, 0.5) is 11.6 Å². The van der Waals surface area contributed by atoms with Gasteiger partial charge in [0.15, 0.2) is 0 Å². The molecule has 1 aromatic heterocycles. The molecule has 2 N–H and O–H groups in total. The Balaban J connectivity index is 1.65. The van der Waals surface area contributed by atoms with E-state index < -0.39 is 0 Å². The molecule has 0 radical (unpaired) electrons. The van der Waals surface area contributed by atoms with Crippen LogP contribution in [0.25, 0.3) is 0 Å². The van der Waals surface area contributed by atoms with Gasteiger partial charge in [0.2, 0.25) is 0 Å². The minimum absolute atomic E-state index is 0.482. The summed E-state index contributed by atoms with van der Waals surface area (Å²) in [5.41, 5.74) is 0. The van der Waals surface area contributed by atoms with Gasteiger partial charge in [0.05, 0.1) is 12.7 Å². The summed E-state index contributed by atoms with van der Waals surface area (Å²) >= 11 is 0. The third kappa shape index (κ3) is 5.37. The zero-order chi connectivity index (χ0) is 14.0. The second kappa shape index (κ2) is 8.80.